The first-order valence-corrected chi connectivity index (χ1v) is 11.8. The van der Waals surface area contributed by atoms with Crippen molar-refractivity contribution in [3.8, 4) is 0 Å². The van der Waals surface area contributed by atoms with Gasteiger partial charge in [0, 0.05) is 44.0 Å². The molecule has 1 saturated heterocycles. The zero-order valence-electron chi connectivity index (χ0n) is 18.1. The van der Waals surface area contributed by atoms with Crippen molar-refractivity contribution in [2.75, 3.05) is 49.7 Å². The minimum Gasteiger partial charge on any atom is -0.378 e. The van der Waals surface area contributed by atoms with Crippen molar-refractivity contribution < 1.29 is 18.1 Å². The molecule has 0 aliphatic carbocycles. The van der Waals surface area contributed by atoms with E-state index in [1.807, 2.05) is 24.3 Å². The van der Waals surface area contributed by atoms with Gasteiger partial charge in [-0.1, -0.05) is 26.0 Å². The van der Waals surface area contributed by atoms with Gasteiger partial charge in [-0.05, 0) is 23.8 Å². The molecule has 0 aromatic heterocycles. The summed E-state index contributed by atoms with van der Waals surface area (Å²) < 4.78 is 32.6. The number of anilines is 2. The quantitative estimate of drug-likeness (QED) is 0.347. The molecule has 0 amide bonds. The Morgan fingerprint density at radius 1 is 1.16 bits per heavy atom. The lowest BCUT2D eigenvalue weighted by Gasteiger charge is -2.28. The maximum Gasteiger partial charge on any atom is 0.270 e. The molecule has 1 heterocycles. The van der Waals surface area contributed by atoms with E-state index in [4.69, 9.17) is 4.74 Å². The number of nitrogens with one attached hydrogen (secondary N) is 1. The normalized spacial score (nSPS) is 14.8. The zero-order chi connectivity index (χ0) is 23.1. The van der Waals surface area contributed by atoms with Crippen LogP contribution < -0.4 is 10.3 Å². The molecule has 11 heteroatoms. The van der Waals surface area contributed by atoms with Gasteiger partial charge >= 0.3 is 0 Å². The average Bonchev–Trinajstić information content (AvgIpc) is 2.80. The molecule has 3 rings (SSSR count). The first-order chi connectivity index (χ1) is 15.4. The van der Waals surface area contributed by atoms with Crippen LogP contribution in [0.1, 0.15) is 19.4 Å². The van der Waals surface area contributed by atoms with E-state index in [-0.39, 0.29) is 29.4 Å². The number of hydrogen-bond acceptors (Lipinski definition) is 8. The Balaban J connectivity index is 1.80. The van der Waals surface area contributed by atoms with Crippen LogP contribution in [-0.2, 0) is 14.8 Å². The fraction of sp³-hybridized carbons (Fsp3) is 0.381. The van der Waals surface area contributed by atoms with Crippen molar-refractivity contribution >= 4 is 33.3 Å². The van der Waals surface area contributed by atoms with Crippen LogP contribution in [0.2, 0.25) is 0 Å². The summed E-state index contributed by atoms with van der Waals surface area (Å²) in [4.78, 5) is 12.6. The number of benzene rings is 2. The molecule has 0 atom stereocenters. The minimum atomic E-state index is -3.92. The summed E-state index contributed by atoms with van der Waals surface area (Å²) >= 11 is 0. The number of rotatable bonds is 9. The molecule has 0 unspecified atom stereocenters. The van der Waals surface area contributed by atoms with E-state index >= 15 is 0 Å². The highest BCUT2D eigenvalue weighted by molar-refractivity contribution is 7.89. The monoisotopic (exact) mass is 461 g/mol. The highest BCUT2D eigenvalue weighted by Gasteiger charge is 2.27. The van der Waals surface area contributed by atoms with Crippen LogP contribution in [0.3, 0.4) is 0 Å². The highest BCUT2D eigenvalue weighted by Crippen LogP contribution is 2.29. The average molecular weight is 462 g/mol. The van der Waals surface area contributed by atoms with Crippen molar-refractivity contribution in [2.24, 2.45) is 5.10 Å². The van der Waals surface area contributed by atoms with Crippen LogP contribution in [0, 0.1) is 10.1 Å². The smallest absolute Gasteiger partial charge is 0.270 e. The molecule has 10 nitrogen and oxygen atoms in total. The minimum absolute atomic E-state index is 0.170. The van der Waals surface area contributed by atoms with Crippen molar-refractivity contribution in [1.82, 2.24) is 4.31 Å². The lowest BCUT2D eigenvalue weighted by atomic mass is 10.2. The van der Waals surface area contributed by atoms with Gasteiger partial charge in [0.1, 0.15) is 4.90 Å². The number of sulfonamides is 1. The van der Waals surface area contributed by atoms with Gasteiger partial charge in [-0.25, -0.2) is 8.42 Å². The van der Waals surface area contributed by atoms with Gasteiger partial charge in [-0.2, -0.15) is 9.41 Å². The molecule has 1 aliphatic heterocycles. The van der Waals surface area contributed by atoms with Gasteiger partial charge < -0.3 is 9.64 Å². The van der Waals surface area contributed by atoms with Crippen molar-refractivity contribution in [3.63, 3.8) is 0 Å². The summed E-state index contributed by atoms with van der Waals surface area (Å²) in [6, 6.07) is 11.5. The molecular formula is C21H27N5O5S. The van der Waals surface area contributed by atoms with Gasteiger partial charge in [-0.15, -0.1) is 0 Å². The highest BCUT2D eigenvalue weighted by atomic mass is 32.2. The van der Waals surface area contributed by atoms with Crippen molar-refractivity contribution in [1.29, 1.82) is 0 Å². The second-order valence-electron chi connectivity index (χ2n) is 7.09. The molecule has 1 aliphatic rings. The number of non-ortho nitro benzene ring substituents is 1. The Kier molecular flexibility index (Phi) is 7.78. The SMILES string of the molecule is CCN(CC)S(=O)(=O)c1cc([N+](=O)[O-])ccc1N/N=C\c1ccc(N2CCOCC2)cc1. The fourth-order valence-electron chi connectivity index (χ4n) is 3.40. The third kappa shape index (κ3) is 5.42. The summed E-state index contributed by atoms with van der Waals surface area (Å²) in [7, 11) is -3.92. The van der Waals surface area contributed by atoms with Crippen molar-refractivity contribution in [3.05, 3.63) is 58.1 Å². The van der Waals surface area contributed by atoms with Crippen LogP contribution in [0.15, 0.2) is 52.5 Å². The van der Waals surface area contributed by atoms with E-state index in [9.17, 15) is 18.5 Å². The van der Waals surface area contributed by atoms with Gasteiger partial charge in [0.05, 0.1) is 30.0 Å². The zero-order valence-corrected chi connectivity index (χ0v) is 18.9. The van der Waals surface area contributed by atoms with Crippen LogP contribution in [0.4, 0.5) is 17.1 Å². The second kappa shape index (κ2) is 10.5. The molecule has 2 aromatic carbocycles. The largest absolute Gasteiger partial charge is 0.378 e. The lowest BCUT2D eigenvalue weighted by molar-refractivity contribution is -0.385. The van der Waals surface area contributed by atoms with E-state index in [0.29, 0.717) is 13.2 Å². The standard InChI is InChI=1S/C21H27N5O5S/c1-3-25(4-2)32(29,30)21-15-19(26(27)28)9-10-20(21)23-22-16-17-5-7-18(8-6-17)24-11-13-31-14-12-24/h5-10,15-16,23H,3-4,11-14H2,1-2H3/b22-16-. The second-order valence-corrected chi connectivity index (χ2v) is 8.99. The van der Waals surface area contributed by atoms with Crippen LogP contribution in [0.25, 0.3) is 0 Å². The fourth-order valence-corrected chi connectivity index (χ4v) is 5.02. The Morgan fingerprint density at radius 2 is 1.81 bits per heavy atom. The number of nitrogens with zero attached hydrogens (tertiary/aromatic N) is 4. The van der Waals surface area contributed by atoms with Crippen LogP contribution in [0.5, 0.6) is 0 Å². The first kappa shape index (κ1) is 23.6. The molecule has 2 aromatic rings. The Morgan fingerprint density at radius 3 is 2.41 bits per heavy atom. The number of morpholine rings is 1. The maximum absolute atomic E-state index is 13.0. The number of ether oxygens (including phenoxy) is 1. The van der Waals surface area contributed by atoms with E-state index in [1.54, 1.807) is 20.1 Å². The molecule has 32 heavy (non-hydrogen) atoms. The predicted octanol–water partition coefficient (Wildman–Crippen LogP) is 2.91. The summed E-state index contributed by atoms with van der Waals surface area (Å²) in [6.07, 6.45) is 1.57. The Hall–Kier alpha value is -3.02. The van der Waals surface area contributed by atoms with E-state index in [1.165, 1.54) is 16.4 Å². The number of hydrogen-bond donors (Lipinski definition) is 1. The van der Waals surface area contributed by atoms with Crippen molar-refractivity contribution in [2.45, 2.75) is 18.7 Å². The topological polar surface area (TPSA) is 117 Å². The van der Waals surface area contributed by atoms with Gasteiger partial charge in [0.25, 0.3) is 5.69 Å². The summed E-state index contributed by atoms with van der Waals surface area (Å²) in [6.45, 7) is 7.04. The Labute approximate surface area is 187 Å². The number of nitro groups is 1. The molecule has 0 bridgehead atoms. The van der Waals surface area contributed by atoms with Gasteiger partial charge in [0.2, 0.25) is 10.0 Å². The Bertz CT molecular complexity index is 1060. The summed E-state index contributed by atoms with van der Waals surface area (Å²) in [5.41, 5.74) is 4.52. The first-order valence-electron chi connectivity index (χ1n) is 10.4. The van der Waals surface area contributed by atoms with E-state index in [2.05, 4.69) is 15.4 Å². The number of nitro benzene ring substituents is 1. The summed E-state index contributed by atoms with van der Waals surface area (Å²) in [5, 5.41) is 15.3. The van der Waals surface area contributed by atoms with Crippen LogP contribution in [-0.4, -0.2) is 63.3 Å². The molecule has 0 saturated carbocycles. The molecule has 1 N–H and O–H groups in total. The lowest BCUT2D eigenvalue weighted by Crippen LogP contribution is -2.36. The molecule has 0 spiro atoms. The van der Waals surface area contributed by atoms with E-state index in [0.717, 1.165) is 30.4 Å². The number of hydrazone groups is 1. The molecule has 0 radical (unpaired) electrons. The third-order valence-corrected chi connectivity index (χ3v) is 7.26. The molecule has 1 fully saturated rings. The molecule has 172 valence electrons. The molecular weight excluding hydrogens is 434 g/mol. The predicted molar refractivity (Wildman–Crippen MR) is 124 cm³/mol. The van der Waals surface area contributed by atoms with Crippen LogP contribution >= 0.6 is 0 Å². The summed E-state index contributed by atoms with van der Waals surface area (Å²) in [5.74, 6) is 0. The maximum atomic E-state index is 13.0. The van der Waals surface area contributed by atoms with Gasteiger partial charge in [0.15, 0.2) is 0 Å². The van der Waals surface area contributed by atoms with Gasteiger partial charge in [-0.3, -0.25) is 15.5 Å². The third-order valence-electron chi connectivity index (χ3n) is 5.17. The van der Waals surface area contributed by atoms with E-state index < -0.39 is 14.9 Å².